The summed E-state index contributed by atoms with van der Waals surface area (Å²) in [6, 6.07) is 7.44. The zero-order chi connectivity index (χ0) is 18.4. The third-order valence-corrected chi connectivity index (χ3v) is 5.21. The summed E-state index contributed by atoms with van der Waals surface area (Å²) in [6.07, 6.45) is -1.06. The largest absolute Gasteiger partial charge is 0.462 e. The van der Waals surface area contributed by atoms with Crippen LogP contribution in [0.3, 0.4) is 0 Å². The molecule has 0 heterocycles. The fourth-order valence-electron chi connectivity index (χ4n) is 2.79. The molecule has 1 unspecified atom stereocenters. The van der Waals surface area contributed by atoms with Crippen LogP contribution in [0.25, 0.3) is 5.57 Å². The van der Waals surface area contributed by atoms with Crippen LogP contribution in [-0.4, -0.2) is 37.5 Å². The van der Waals surface area contributed by atoms with Crippen molar-refractivity contribution in [2.45, 2.75) is 49.4 Å². The molecule has 6 heteroatoms. The summed E-state index contributed by atoms with van der Waals surface area (Å²) in [5, 5.41) is 0. The van der Waals surface area contributed by atoms with Gasteiger partial charge in [0.25, 0.3) is 0 Å². The van der Waals surface area contributed by atoms with E-state index < -0.39 is 18.3 Å². The minimum Gasteiger partial charge on any atom is -0.462 e. The van der Waals surface area contributed by atoms with Crippen LogP contribution in [0.5, 0.6) is 0 Å². The summed E-state index contributed by atoms with van der Waals surface area (Å²) in [7, 11) is 1.64. The van der Waals surface area contributed by atoms with Crippen molar-refractivity contribution in [1.82, 2.24) is 0 Å². The summed E-state index contributed by atoms with van der Waals surface area (Å²) < 4.78 is 37.2. The second-order valence-electron chi connectivity index (χ2n) is 6.01. The molecule has 1 aliphatic rings. The molecule has 0 N–H and O–H groups in total. The van der Waals surface area contributed by atoms with Gasteiger partial charge < -0.3 is 9.47 Å². The van der Waals surface area contributed by atoms with E-state index in [1.807, 2.05) is 31.2 Å². The molecule has 25 heavy (non-hydrogen) atoms. The number of rotatable bonds is 7. The Hall–Kier alpha value is -1.40. The number of allylic oxidation sites excluding steroid dienone is 1. The molecular formula is C19H24F2O3S. The van der Waals surface area contributed by atoms with Crippen LogP contribution in [0.2, 0.25) is 0 Å². The molecule has 2 rings (SSSR count). The standard InChI is InChI=1S/C19H24F2O3S/c1-4-24-19(22)16(9-13-10-17(20)18(21)11-13)14-5-7-15(8-6-14)25-12(2)23-3/h5-9,12-13,17-18H,4,10-11H2,1-3H3/b16-9-/t12?,13-,17+,18-. The number of halogens is 2. The van der Waals surface area contributed by atoms with Gasteiger partial charge in [0.15, 0.2) is 0 Å². The van der Waals surface area contributed by atoms with Crippen LogP contribution < -0.4 is 0 Å². The first-order chi connectivity index (χ1) is 11.9. The van der Waals surface area contributed by atoms with Gasteiger partial charge in [-0.05, 0) is 50.3 Å². The second kappa shape index (κ2) is 9.34. The molecule has 1 saturated carbocycles. The SMILES string of the molecule is CCOC(=O)/C(=C\[C@H]1C[C@@H](F)[C@@H](F)C1)c1ccc(SC(C)OC)cc1. The van der Waals surface area contributed by atoms with Gasteiger partial charge in [0.1, 0.15) is 17.8 Å². The molecule has 0 radical (unpaired) electrons. The fraction of sp³-hybridized carbons (Fsp3) is 0.526. The van der Waals surface area contributed by atoms with Crippen molar-refractivity contribution in [3.8, 4) is 0 Å². The predicted molar refractivity (Wildman–Crippen MR) is 95.9 cm³/mol. The average Bonchev–Trinajstić information content (AvgIpc) is 2.91. The molecule has 1 aromatic rings. The lowest BCUT2D eigenvalue weighted by Crippen LogP contribution is -2.08. The Kier molecular flexibility index (Phi) is 7.44. The molecule has 1 aromatic carbocycles. The number of hydrogen-bond donors (Lipinski definition) is 0. The highest BCUT2D eigenvalue weighted by molar-refractivity contribution is 7.99. The van der Waals surface area contributed by atoms with E-state index >= 15 is 0 Å². The lowest BCUT2D eigenvalue weighted by atomic mass is 9.98. The van der Waals surface area contributed by atoms with Crippen LogP contribution in [0.4, 0.5) is 8.78 Å². The van der Waals surface area contributed by atoms with Crippen molar-refractivity contribution < 1.29 is 23.0 Å². The zero-order valence-corrected chi connectivity index (χ0v) is 15.5. The minimum absolute atomic E-state index is 0.0207. The molecule has 4 atom stereocenters. The van der Waals surface area contributed by atoms with Gasteiger partial charge in [-0.3, -0.25) is 0 Å². The summed E-state index contributed by atoms with van der Waals surface area (Å²) in [4.78, 5) is 13.3. The van der Waals surface area contributed by atoms with Crippen LogP contribution >= 0.6 is 11.8 Å². The molecule has 0 bridgehead atoms. The fourth-order valence-corrected chi connectivity index (χ4v) is 3.56. The molecule has 0 aromatic heterocycles. The van der Waals surface area contributed by atoms with E-state index in [1.54, 1.807) is 31.9 Å². The molecule has 3 nitrogen and oxygen atoms in total. The summed E-state index contributed by atoms with van der Waals surface area (Å²) >= 11 is 1.56. The third-order valence-electron chi connectivity index (χ3n) is 4.15. The number of alkyl halides is 2. The number of benzene rings is 1. The summed E-state index contributed by atoms with van der Waals surface area (Å²) in [5.74, 6) is -0.766. The van der Waals surface area contributed by atoms with Crippen molar-refractivity contribution in [2.24, 2.45) is 5.92 Å². The Morgan fingerprint density at radius 1 is 1.28 bits per heavy atom. The van der Waals surface area contributed by atoms with Crippen molar-refractivity contribution in [2.75, 3.05) is 13.7 Å². The minimum atomic E-state index is -1.46. The monoisotopic (exact) mass is 370 g/mol. The number of methoxy groups -OCH3 is 1. The van der Waals surface area contributed by atoms with Crippen molar-refractivity contribution in [3.63, 3.8) is 0 Å². The average molecular weight is 370 g/mol. The van der Waals surface area contributed by atoms with Gasteiger partial charge >= 0.3 is 5.97 Å². The van der Waals surface area contributed by atoms with E-state index in [2.05, 4.69) is 0 Å². The van der Waals surface area contributed by atoms with E-state index in [-0.39, 0.29) is 30.8 Å². The zero-order valence-electron chi connectivity index (χ0n) is 14.7. The molecule has 0 aliphatic heterocycles. The van der Waals surface area contributed by atoms with Crippen LogP contribution in [0, 0.1) is 5.92 Å². The number of carbonyl (C=O) groups is 1. The van der Waals surface area contributed by atoms with Gasteiger partial charge in [-0.15, -0.1) is 0 Å². The first-order valence-electron chi connectivity index (χ1n) is 8.41. The Morgan fingerprint density at radius 2 is 1.88 bits per heavy atom. The van der Waals surface area contributed by atoms with Crippen LogP contribution in [0.15, 0.2) is 35.2 Å². The van der Waals surface area contributed by atoms with E-state index in [1.165, 1.54) is 0 Å². The second-order valence-corrected chi connectivity index (χ2v) is 7.38. The maximum Gasteiger partial charge on any atom is 0.338 e. The number of carbonyl (C=O) groups excluding carboxylic acids is 1. The summed E-state index contributed by atoms with van der Waals surface area (Å²) in [6.45, 7) is 3.92. The first kappa shape index (κ1) is 19.9. The lowest BCUT2D eigenvalue weighted by molar-refractivity contribution is -0.136. The first-order valence-corrected chi connectivity index (χ1v) is 9.29. The van der Waals surface area contributed by atoms with Crippen molar-refractivity contribution in [3.05, 3.63) is 35.9 Å². The molecule has 0 spiro atoms. The lowest BCUT2D eigenvalue weighted by Gasteiger charge is -2.12. The maximum absolute atomic E-state index is 13.4. The number of ether oxygens (including phenoxy) is 2. The smallest absolute Gasteiger partial charge is 0.338 e. The van der Waals surface area contributed by atoms with Gasteiger partial charge in [-0.1, -0.05) is 30.0 Å². The Balaban J connectivity index is 2.22. The molecule has 0 saturated heterocycles. The molecule has 0 amide bonds. The molecule has 1 aliphatic carbocycles. The highest BCUT2D eigenvalue weighted by atomic mass is 32.2. The molecule has 138 valence electrons. The van der Waals surface area contributed by atoms with Crippen LogP contribution in [-0.2, 0) is 14.3 Å². The van der Waals surface area contributed by atoms with Gasteiger partial charge in [0, 0.05) is 12.0 Å². The normalized spacial score (nSPS) is 25.0. The topological polar surface area (TPSA) is 35.5 Å². The van der Waals surface area contributed by atoms with E-state index in [0.717, 1.165) is 4.90 Å². The van der Waals surface area contributed by atoms with Gasteiger partial charge in [0.2, 0.25) is 0 Å². The van der Waals surface area contributed by atoms with Gasteiger partial charge in [-0.2, -0.15) is 0 Å². The van der Waals surface area contributed by atoms with E-state index in [9.17, 15) is 13.6 Å². The third kappa shape index (κ3) is 5.54. The van der Waals surface area contributed by atoms with E-state index in [0.29, 0.717) is 11.1 Å². The maximum atomic E-state index is 13.4. The van der Waals surface area contributed by atoms with Gasteiger partial charge in [0.05, 0.1) is 12.2 Å². The molecular weight excluding hydrogens is 346 g/mol. The Bertz CT molecular complexity index is 593. The Labute approximate surface area is 151 Å². The Morgan fingerprint density at radius 3 is 2.40 bits per heavy atom. The number of hydrogen-bond acceptors (Lipinski definition) is 4. The van der Waals surface area contributed by atoms with Crippen LogP contribution in [0.1, 0.15) is 32.3 Å². The van der Waals surface area contributed by atoms with Crippen molar-refractivity contribution in [1.29, 1.82) is 0 Å². The number of esters is 1. The predicted octanol–water partition coefficient (Wildman–Crippen LogP) is 4.80. The highest BCUT2D eigenvalue weighted by Gasteiger charge is 2.34. The summed E-state index contributed by atoms with van der Waals surface area (Å²) in [5.41, 5.74) is 1.07. The van der Waals surface area contributed by atoms with Gasteiger partial charge in [-0.25, -0.2) is 13.6 Å². The number of thioether (sulfide) groups is 1. The van der Waals surface area contributed by atoms with E-state index in [4.69, 9.17) is 9.47 Å². The van der Waals surface area contributed by atoms with Crippen molar-refractivity contribution >= 4 is 23.3 Å². The quantitative estimate of drug-likeness (QED) is 0.299. The highest BCUT2D eigenvalue weighted by Crippen LogP contribution is 2.34. The molecule has 1 fully saturated rings.